The highest BCUT2D eigenvalue weighted by Gasteiger charge is 2.11. The third kappa shape index (κ3) is 0.820. The zero-order valence-electron chi connectivity index (χ0n) is 5.35. The second-order valence-corrected chi connectivity index (χ2v) is 1.84. The number of nitrogens with one attached hydrogen (secondary N) is 1. The average molecular weight is 152 g/mol. The molecule has 11 heavy (non-hydrogen) atoms. The van der Waals surface area contributed by atoms with Crippen molar-refractivity contribution in [2.45, 2.75) is 0 Å². The van der Waals surface area contributed by atoms with Crippen LogP contribution >= 0.6 is 0 Å². The van der Waals surface area contributed by atoms with E-state index in [4.69, 9.17) is 10.3 Å². The lowest BCUT2D eigenvalue weighted by Gasteiger charge is -1.83. The number of nitrogens with zero attached hydrogens (tertiary/aromatic N) is 4. The Morgan fingerprint density at radius 3 is 3.00 bits per heavy atom. The summed E-state index contributed by atoms with van der Waals surface area (Å²) in [6.45, 7) is 0. The van der Waals surface area contributed by atoms with Gasteiger partial charge in [0.25, 0.3) is 0 Å². The number of aromatic nitrogens is 5. The smallest absolute Gasteiger partial charge is 0.232 e. The molecule has 7 heteroatoms. The third-order valence-electron chi connectivity index (χ3n) is 1.16. The number of nitrogens with two attached hydrogens (primary N) is 1. The van der Waals surface area contributed by atoms with Crippen LogP contribution in [0.3, 0.4) is 0 Å². The molecule has 2 rings (SSSR count). The fraction of sp³-hybridized carbons (Fsp3) is 0. The summed E-state index contributed by atoms with van der Waals surface area (Å²) in [7, 11) is 0. The lowest BCUT2D eigenvalue weighted by molar-refractivity contribution is 0.402. The van der Waals surface area contributed by atoms with Crippen molar-refractivity contribution in [3.63, 3.8) is 0 Å². The van der Waals surface area contributed by atoms with E-state index >= 15 is 0 Å². The van der Waals surface area contributed by atoms with Crippen LogP contribution in [0.1, 0.15) is 0 Å². The van der Waals surface area contributed by atoms with Gasteiger partial charge in [0.1, 0.15) is 0 Å². The molecule has 2 aromatic rings. The van der Waals surface area contributed by atoms with Crippen molar-refractivity contribution in [3.8, 4) is 11.5 Å². The van der Waals surface area contributed by atoms with Crippen LogP contribution in [0.5, 0.6) is 0 Å². The predicted molar refractivity (Wildman–Crippen MR) is 34.1 cm³/mol. The van der Waals surface area contributed by atoms with E-state index in [2.05, 4.69) is 25.8 Å². The van der Waals surface area contributed by atoms with Crippen molar-refractivity contribution < 1.29 is 4.52 Å². The van der Waals surface area contributed by atoms with Gasteiger partial charge in [-0.15, -0.1) is 0 Å². The summed E-state index contributed by atoms with van der Waals surface area (Å²) in [5.74, 6) is 0.539. The molecule has 7 nitrogen and oxygen atoms in total. The highest BCUT2D eigenvalue weighted by atomic mass is 16.5. The van der Waals surface area contributed by atoms with Crippen molar-refractivity contribution in [1.82, 2.24) is 25.8 Å². The van der Waals surface area contributed by atoms with Crippen LogP contribution in [0.4, 0.5) is 5.82 Å². The second kappa shape index (κ2) is 2.04. The maximum Gasteiger partial charge on any atom is 0.232 e. The molecule has 2 aromatic heterocycles. The van der Waals surface area contributed by atoms with E-state index in [0.29, 0.717) is 11.5 Å². The molecule has 0 amide bonds. The topological polar surface area (TPSA) is 107 Å². The number of aromatic amines is 1. The predicted octanol–water partition coefficient (Wildman–Crippen LogP) is -0.563. The number of rotatable bonds is 1. The molecule has 2 heterocycles. The van der Waals surface area contributed by atoms with Gasteiger partial charge < -0.3 is 10.3 Å². The molecule has 0 spiro atoms. The van der Waals surface area contributed by atoms with E-state index in [1.165, 1.54) is 6.20 Å². The van der Waals surface area contributed by atoms with Crippen LogP contribution in [-0.2, 0) is 0 Å². The van der Waals surface area contributed by atoms with Crippen molar-refractivity contribution in [1.29, 1.82) is 0 Å². The molecule has 0 aliphatic heterocycles. The van der Waals surface area contributed by atoms with Gasteiger partial charge in [-0.3, -0.25) is 0 Å². The van der Waals surface area contributed by atoms with Crippen molar-refractivity contribution in [3.05, 3.63) is 6.20 Å². The largest absolute Gasteiger partial charge is 0.379 e. The lowest BCUT2D eigenvalue weighted by atomic mass is 10.4. The van der Waals surface area contributed by atoms with Crippen LogP contribution in [0, 0.1) is 0 Å². The molecule has 0 bridgehead atoms. The molecule has 0 aliphatic rings. The first-order chi connectivity index (χ1) is 5.38. The molecule has 0 saturated heterocycles. The summed E-state index contributed by atoms with van der Waals surface area (Å²) in [5, 5.41) is 16.4. The van der Waals surface area contributed by atoms with Gasteiger partial charge in [0.2, 0.25) is 5.76 Å². The van der Waals surface area contributed by atoms with E-state index in [1.807, 2.05) is 0 Å². The monoisotopic (exact) mass is 152 g/mol. The molecule has 0 aliphatic carbocycles. The van der Waals surface area contributed by atoms with Crippen LogP contribution < -0.4 is 5.73 Å². The first-order valence-corrected chi connectivity index (χ1v) is 2.82. The Kier molecular flexibility index (Phi) is 1.08. The zero-order chi connectivity index (χ0) is 7.68. The van der Waals surface area contributed by atoms with Gasteiger partial charge in [0.05, 0.1) is 6.20 Å². The summed E-state index contributed by atoms with van der Waals surface area (Å²) >= 11 is 0. The molecular weight excluding hydrogens is 148 g/mol. The minimum Gasteiger partial charge on any atom is -0.379 e. The van der Waals surface area contributed by atoms with Crippen molar-refractivity contribution in [2.24, 2.45) is 0 Å². The molecule has 3 N–H and O–H groups in total. The highest BCUT2D eigenvalue weighted by Crippen LogP contribution is 2.18. The Morgan fingerprint density at radius 1 is 1.55 bits per heavy atom. The number of anilines is 1. The van der Waals surface area contributed by atoms with Crippen LogP contribution in [0.2, 0.25) is 0 Å². The average Bonchev–Trinajstić information content (AvgIpc) is 2.55. The highest BCUT2D eigenvalue weighted by molar-refractivity contribution is 5.62. The summed E-state index contributed by atoms with van der Waals surface area (Å²) < 4.78 is 4.70. The molecule has 0 radical (unpaired) electrons. The SMILES string of the molecule is Nc1nnoc1-c1cn[nH]n1. The Bertz CT molecular complexity index is 337. The number of hydrogen-bond donors (Lipinski definition) is 2. The standard InChI is InChI=1S/C4H4N6O/c5-4-3(11-10-8-4)2-1-6-9-7-2/h1H,5H2,(H,6,7,9). The van der Waals surface area contributed by atoms with Gasteiger partial charge in [-0.2, -0.15) is 15.4 Å². The van der Waals surface area contributed by atoms with Gasteiger partial charge >= 0.3 is 0 Å². The van der Waals surface area contributed by atoms with Crippen LogP contribution in [-0.4, -0.2) is 25.8 Å². The Hall–Kier alpha value is -1.92. The van der Waals surface area contributed by atoms with Crippen LogP contribution in [0.25, 0.3) is 11.5 Å². The van der Waals surface area contributed by atoms with Crippen LogP contribution in [0.15, 0.2) is 10.7 Å². The zero-order valence-corrected chi connectivity index (χ0v) is 5.35. The molecule has 0 unspecified atom stereocenters. The third-order valence-corrected chi connectivity index (χ3v) is 1.16. The maximum absolute atomic E-state index is 5.38. The maximum atomic E-state index is 5.38. The van der Waals surface area contributed by atoms with E-state index in [1.54, 1.807) is 0 Å². The van der Waals surface area contributed by atoms with Crippen molar-refractivity contribution in [2.75, 3.05) is 5.73 Å². The van der Waals surface area contributed by atoms with Gasteiger partial charge in [0.15, 0.2) is 11.5 Å². The number of H-pyrrole nitrogens is 1. The van der Waals surface area contributed by atoms with E-state index in [-0.39, 0.29) is 5.82 Å². The van der Waals surface area contributed by atoms with E-state index in [9.17, 15) is 0 Å². The second-order valence-electron chi connectivity index (χ2n) is 1.84. The minimum atomic E-state index is 0.207. The first kappa shape index (κ1) is 5.83. The van der Waals surface area contributed by atoms with Gasteiger partial charge in [0, 0.05) is 5.27 Å². The molecule has 0 fully saturated rings. The fourth-order valence-corrected chi connectivity index (χ4v) is 0.686. The molecule has 0 aromatic carbocycles. The van der Waals surface area contributed by atoms with E-state index in [0.717, 1.165) is 0 Å². The molecule has 0 atom stereocenters. The Labute approximate surface area is 60.6 Å². The first-order valence-electron chi connectivity index (χ1n) is 2.82. The Morgan fingerprint density at radius 2 is 2.45 bits per heavy atom. The number of hydrogen-bond acceptors (Lipinski definition) is 6. The molecule has 0 saturated carbocycles. The van der Waals surface area contributed by atoms with Crippen molar-refractivity contribution >= 4 is 5.82 Å². The van der Waals surface area contributed by atoms with Gasteiger partial charge in [-0.1, -0.05) is 5.10 Å². The molecular formula is C4H4N6O. The summed E-state index contributed by atoms with van der Waals surface area (Å²) in [5.41, 5.74) is 5.88. The molecule has 56 valence electrons. The fourth-order valence-electron chi connectivity index (χ4n) is 0.686. The van der Waals surface area contributed by atoms with E-state index < -0.39 is 0 Å². The lowest BCUT2D eigenvalue weighted by Crippen LogP contribution is -1.87. The van der Waals surface area contributed by atoms with Gasteiger partial charge in [-0.25, -0.2) is 0 Å². The normalized spacial score (nSPS) is 10.2. The number of nitrogen functional groups attached to an aromatic ring is 1. The quantitative estimate of drug-likeness (QED) is 0.567. The Balaban J connectivity index is 2.53. The summed E-state index contributed by atoms with van der Waals surface area (Å²) in [4.78, 5) is 0. The minimum absolute atomic E-state index is 0.207. The summed E-state index contributed by atoms with van der Waals surface area (Å²) in [6, 6.07) is 0. The summed E-state index contributed by atoms with van der Waals surface area (Å²) in [6.07, 6.45) is 1.47. The van der Waals surface area contributed by atoms with Gasteiger partial charge in [-0.05, 0) is 0 Å².